The number of carbonyl (C=O) groups is 2. The zero-order chi connectivity index (χ0) is 13.7. The van der Waals surface area contributed by atoms with E-state index in [1.165, 1.54) is 0 Å². The summed E-state index contributed by atoms with van der Waals surface area (Å²) in [5.74, 6) is -1.40. The maximum Gasteiger partial charge on any atom is 0.304 e. The lowest BCUT2D eigenvalue weighted by Crippen LogP contribution is -2.36. The molecule has 1 aromatic rings. The molecular formula is C12H15BrN2O3. The quantitative estimate of drug-likeness (QED) is 0.831. The van der Waals surface area contributed by atoms with Gasteiger partial charge in [-0.2, -0.15) is 0 Å². The monoisotopic (exact) mass is 314 g/mol. The van der Waals surface area contributed by atoms with Crippen molar-refractivity contribution in [2.45, 2.75) is 12.5 Å². The van der Waals surface area contributed by atoms with Crippen LogP contribution in [0.1, 0.15) is 18.0 Å². The van der Waals surface area contributed by atoms with E-state index in [2.05, 4.69) is 15.9 Å². The van der Waals surface area contributed by atoms with E-state index in [-0.39, 0.29) is 13.0 Å². The second-order valence-electron chi connectivity index (χ2n) is 3.98. The summed E-state index contributed by atoms with van der Waals surface area (Å²) in [6.45, 7) is 0.263. The summed E-state index contributed by atoms with van der Waals surface area (Å²) in [5.41, 5.74) is 6.12. The van der Waals surface area contributed by atoms with Gasteiger partial charge in [0.25, 0.3) is 0 Å². The van der Waals surface area contributed by atoms with Gasteiger partial charge in [-0.1, -0.05) is 28.1 Å². The van der Waals surface area contributed by atoms with Gasteiger partial charge in [0.1, 0.15) is 6.04 Å². The summed E-state index contributed by atoms with van der Waals surface area (Å²) in [6.07, 6.45) is -0.0309. The fourth-order valence-corrected chi connectivity index (χ4v) is 1.95. The number of amides is 1. The average molecular weight is 315 g/mol. The highest BCUT2D eigenvalue weighted by molar-refractivity contribution is 9.10. The standard InChI is InChI=1S/C12H15BrN2O3/c1-15(7-6-10(16)17)11(12(14)18)8-2-4-9(13)5-3-8/h2-5,11H,6-7H2,1H3,(H2,14,18)(H,16,17). The summed E-state index contributed by atoms with van der Waals surface area (Å²) in [6, 6.07) is 6.60. The van der Waals surface area contributed by atoms with Gasteiger partial charge in [0, 0.05) is 11.0 Å². The molecule has 0 aliphatic heterocycles. The lowest BCUT2D eigenvalue weighted by Gasteiger charge is -2.25. The Morgan fingerprint density at radius 2 is 1.94 bits per heavy atom. The van der Waals surface area contributed by atoms with Crippen molar-refractivity contribution >= 4 is 27.8 Å². The van der Waals surface area contributed by atoms with Crippen molar-refractivity contribution in [1.29, 1.82) is 0 Å². The van der Waals surface area contributed by atoms with Crippen LogP contribution in [-0.2, 0) is 9.59 Å². The van der Waals surface area contributed by atoms with Crippen molar-refractivity contribution in [1.82, 2.24) is 4.90 Å². The second-order valence-corrected chi connectivity index (χ2v) is 4.90. The van der Waals surface area contributed by atoms with Gasteiger partial charge < -0.3 is 10.8 Å². The fourth-order valence-electron chi connectivity index (χ4n) is 1.68. The third kappa shape index (κ3) is 4.12. The van der Waals surface area contributed by atoms with Crippen LogP contribution in [0.2, 0.25) is 0 Å². The Bertz CT molecular complexity index is 433. The average Bonchev–Trinajstić information content (AvgIpc) is 2.29. The van der Waals surface area contributed by atoms with E-state index in [1.807, 2.05) is 12.1 Å². The van der Waals surface area contributed by atoms with E-state index in [4.69, 9.17) is 10.8 Å². The van der Waals surface area contributed by atoms with Gasteiger partial charge in [0.15, 0.2) is 0 Å². The predicted octanol–water partition coefficient (Wildman–Crippen LogP) is 1.38. The molecule has 5 nitrogen and oxygen atoms in total. The van der Waals surface area contributed by atoms with Gasteiger partial charge in [0.05, 0.1) is 6.42 Å². The number of nitrogens with two attached hydrogens (primary N) is 1. The van der Waals surface area contributed by atoms with E-state index >= 15 is 0 Å². The van der Waals surface area contributed by atoms with E-state index in [1.54, 1.807) is 24.1 Å². The van der Waals surface area contributed by atoms with Crippen LogP contribution in [0.3, 0.4) is 0 Å². The Hall–Kier alpha value is -1.40. The Morgan fingerprint density at radius 1 is 1.39 bits per heavy atom. The van der Waals surface area contributed by atoms with Crippen LogP contribution >= 0.6 is 15.9 Å². The van der Waals surface area contributed by atoms with Crippen LogP contribution in [0.4, 0.5) is 0 Å². The molecule has 18 heavy (non-hydrogen) atoms. The molecule has 0 spiro atoms. The van der Waals surface area contributed by atoms with Gasteiger partial charge in [-0.25, -0.2) is 0 Å². The largest absolute Gasteiger partial charge is 0.481 e. The van der Waals surface area contributed by atoms with Gasteiger partial charge in [-0.15, -0.1) is 0 Å². The molecule has 0 radical (unpaired) electrons. The van der Waals surface area contributed by atoms with E-state index < -0.39 is 17.9 Å². The molecule has 0 aliphatic carbocycles. The molecule has 1 unspecified atom stereocenters. The van der Waals surface area contributed by atoms with E-state index in [9.17, 15) is 9.59 Å². The number of rotatable bonds is 6. The minimum atomic E-state index is -0.902. The van der Waals surface area contributed by atoms with Gasteiger partial charge in [-0.05, 0) is 24.7 Å². The topological polar surface area (TPSA) is 83.6 Å². The van der Waals surface area contributed by atoms with Crippen molar-refractivity contribution < 1.29 is 14.7 Å². The molecule has 0 fully saturated rings. The van der Waals surface area contributed by atoms with E-state index in [0.29, 0.717) is 0 Å². The first kappa shape index (κ1) is 14.7. The van der Waals surface area contributed by atoms with Crippen molar-refractivity contribution in [3.63, 3.8) is 0 Å². The summed E-state index contributed by atoms with van der Waals surface area (Å²) in [4.78, 5) is 23.7. The second kappa shape index (κ2) is 6.51. The number of hydrogen-bond acceptors (Lipinski definition) is 3. The Morgan fingerprint density at radius 3 is 2.39 bits per heavy atom. The normalized spacial score (nSPS) is 12.4. The smallest absolute Gasteiger partial charge is 0.304 e. The van der Waals surface area contributed by atoms with E-state index in [0.717, 1.165) is 10.0 Å². The van der Waals surface area contributed by atoms with Crippen molar-refractivity contribution in [2.75, 3.05) is 13.6 Å². The molecule has 0 saturated heterocycles. The number of benzene rings is 1. The van der Waals surface area contributed by atoms with Crippen LogP contribution in [0.15, 0.2) is 28.7 Å². The number of primary amides is 1. The molecular weight excluding hydrogens is 300 g/mol. The highest BCUT2D eigenvalue weighted by Gasteiger charge is 2.22. The van der Waals surface area contributed by atoms with Crippen LogP contribution < -0.4 is 5.73 Å². The number of halogens is 1. The molecule has 0 aliphatic rings. The number of carboxylic acid groups (broad SMARTS) is 1. The van der Waals surface area contributed by atoms with Gasteiger partial charge in [-0.3, -0.25) is 14.5 Å². The minimum absolute atomic E-state index is 0.0309. The molecule has 0 saturated carbocycles. The number of carbonyl (C=O) groups excluding carboxylic acids is 1. The van der Waals surface area contributed by atoms with Crippen LogP contribution in [-0.4, -0.2) is 35.5 Å². The Kier molecular flexibility index (Phi) is 5.30. The number of aliphatic carboxylic acids is 1. The molecule has 1 aromatic carbocycles. The fraction of sp³-hybridized carbons (Fsp3) is 0.333. The Labute approximate surface area is 114 Å². The first-order valence-electron chi connectivity index (χ1n) is 5.38. The number of carboxylic acids is 1. The highest BCUT2D eigenvalue weighted by Crippen LogP contribution is 2.21. The molecule has 3 N–H and O–H groups in total. The first-order valence-corrected chi connectivity index (χ1v) is 6.18. The van der Waals surface area contributed by atoms with Crippen LogP contribution in [0.25, 0.3) is 0 Å². The van der Waals surface area contributed by atoms with Crippen molar-refractivity contribution in [3.8, 4) is 0 Å². The molecule has 1 amide bonds. The molecule has 98 valence electrons. The minimum Gasteiger partial charge on any atom is -0.481 e. The van der Waals surface area contributed by atoms with Crippen LogP contribution in [0.5, 0.6) is 0 Å². The maximum absolute atomic E-state index is 11.5. The number of nitrogens with zero attached hydrogens (tertiary/aromatic N) is 1. The lowest BCUT2D eigenvalue weighted by molar-refractivity contribution is -0.138. The zero-order valence-corrected chi connectivity index (χ0v) is 11.6. The summed E-state index contributed by atoms with van der Waals surface area (Å²) in [5, 5.41) is 8.64. The molecule has 0 aromatic heterocycles. The molecule has 1 rings (SSSR count). The van der Waals surface area contributed by atoms with Crippen molar-refractivity contribution in [3.05, 3.63) is 34.3 Å². The predicted molar refractivity (Wildman–Crippen MR) is 71.0 cm³/mol. The molecule has 6 heteroatoms. The summed E-state index contributed by atoms with van der Waals surface area (Å²) >= 11 is 3.31. The summed E-state index contributed by atoms with van der Waals surface area (Å²) in [7, 11) is 1.68. The number of hydrogen-bond donors (Lipinski definition) is 2. The van der Waals surface area contributed by atoms with Crippen molar-refractivity contribution in [2.24, 2.45) is 5.73 Å². The SMILES string of the molecule is CN(CCC(=O)O)C(C(N)=O)c1ccc(Br)cc1. The molecule has 0 bridgehead atoms. The third-order valence-electron chi connectivity index (χ3n) is 2.57. The zero-order valence-electron chi connectivity index (χ0n) is 9.97. The first-order chi connectivity index (χ1) is 8.41. The molecule has 0 heterocycles. The summed E-state index contributed by atoms with van der Waals surface area (Å²) < 4.78 is 0.905. The maximum atomic E-state index is 11.5. The Balaban J connectivity index is 2.85. The highest BCUT2D eigenvalue weighted by atomic mass is 79.9. The van der Waals surface area contributed by atoms with Gasteiger partial charge in [0.2, 0.25) is 5.91 Å². The molecule has 1 atom stereocenters. The number of likely N-dealkylation sites (N-methyl/N-ethyl adjacent to an activating group) is 1. The van der Waals surface area contributed by atoms with Gasteiger partial charge >= 0.3 is 5.97 Å². The third-order valence-corrected chi connectivity index (χ3v) is 3.10. The van der Waals surface area contributed by atoms with Crippen LogP contribution in [0, 0.1) is 0 Å². The lowest BCUT2D eigenvalue weighted by atomic mass is 10.1.